The molecule has 0 aliphatic rings. The van der Waals surface area contributed by atoms with Gasteiger partial charge < -0.3 is 5.32 Å². The number of carbonyl (C=O) groups excluding carboxylic acids is 1. The van der Waals surface area contributed by atoms with E-state index in [0.717, 1.165) is 12.1 Å². The van der Waals surface area contributed by atoms with Crippen LogP contribution < -0.4 is 5.32 Å². The molecule has 2 aromatic carbocycles. The third-order valence-electron chi connectivity index (χ3n) is 3.70. The standard InChI is InChI=1S/C17H17Cl2FN2O3S/c1-3-22(4-2)26(24,25)12-6-7-14(18)13(10-12)17(23)21-16-8-5-11(20)9-15(16)19/h5-10H,3-4H2,1-2H3,(H,21,23). The van der Waals surface area contributed by atoms with E-state index in [9.17, 15) is 17.6 Å². The fraction of sp³-hybridized carbons (Fsp3) is 0.235. The van der Waals surface area contributed by atoms with E-state index in [0.29, 0.717) is 13.1 Å². The first-order valence-electron chi connectivity index (χ1n) is 7.76. The lowest BCUT2D eigenvalue weighted by atomic mass is 10.2. The van der Waals surface area contributed by atoms with Crippen molar-refractivity contribution in [2.45, 2.75) is 18.7 Å². The van der Waals surface area contributed by atoms with E-state index in [-0.39, 0.29) is 26.2 Å². The maximum Gasteiger partial charge on any atom is 0.257 e. The molecule has 0 saturated heterocycles. The number of nitrogens with one attached hydrogen (secondary N) is 1. The zero-order valence-electron chi connectivity index (χ0n) is 14.1. The van der Waals surface area contributed by atoms with Gasteiger partial charge in [-0.3, -0.25) is 4.79 Å². The third kappa shape index (κ3) is 4.35. The van der Waals surface area contributed by atoms with Gasteiger partial charge in [-0.05, 0) is 36.4 Å². The molecule has 5 nitrogen and oxygen atoms in total. The molecule has 1 amide bonds. The average molecular weight is 419 g/mol. The molecule has 0 heterocycles. The summed E-state index contributed by atoms with van der Waals surface area (Å²) < 4.78 is 39.6. The molecule has 0 aliphatic heterocycles. The zero-order valence-corrected chi connectivity index (χ0v) is 16.4. The summed E-state index contributed by atoms with van der Waals surface area (Å²) in [5, 5.41) is 2.60. The molecule has 26 heavy (non-hydrogen) atoms. The third-order valence-corrected chi connectivity index (χ3v) is 6.39. The van der Waals surface area contributed by atoms with Crippen LogP contribution >= 0.6 is 23.2 Å². The Hall–Kier alpha value is -1.67. The van der Waals surface area contributed by atoms with Crippen molar-refractivity contribution in [3.63, 3.8) is 0 Å². The number of sulfonamides is 1. The minimum atomic E-state index is -3.74. The van der Waals surface area contributed by atoms with E-state index in [1.165, 1.54) is 28.6 Å². The molecule has 0 radical (unpaired) electrons. The summed E-state index contributed by atoms with van der Waals surface area (Å²) in [5.74, 6) is -1.20. The quantitative estimate of drug-likeness (QED) is 0.754. The molecule has 1 N–H and O–H groups in total. The molecule has 2 aromatic rings. The van der Waals surface area contributed by atoms with E-state index in [4.69, 9.17) is 23.2 Å². The molecule has 0 unspecified atom stereocenters. The lowest BCUT2D eigenvalue weighted by molar-refractivity contribution is 0.102. The highest BCUT2D eigenvalue weighted by Gasteiger charge is 2.24. The molecular formula is C17H17Cl2FN2O3S. The Kier molecular flexibility index (Phi) is 6.63. The van der Waals surface area contributed by atoms with Gasteiger partial charge in [0.15, 0.2) is 0 Å². The van der Waals surface area contributed by atoms with Gasteiger partial charge >= 0.3 is 0 Å². The van der Waals surface area contributed by atoms with Crippen molar-refractivity contribution in [1.29, 1.82) is 0 Å². The molecule has 0 fully saturated rings. The number of nitrogens with zero attached hydrogens (tertiary/aromatic N) is 1. The van der Waals surface area contributed by atoms with Gasteiger partial charge in [-0.25, -0.2) is 12.8 Å². The first-order chi connectivity index (χ1) is 12.2. The maximum absolute atomic E-state index is 13.1. The van der Waals surface area contributed by atoms with Crippen LogP contribution in [0, 0.1) is 5.82 Å². The monoisotopic (exact) mass is 418 g/mol. The SMILES string of the molecule is CCN(CC)S(=O)(=O)c1ccc(Cl)c(C(=O)Nc2ccc(F)cc2Cl)c1. The summed E-state index contributed by atoms with van der Waals surface area (Å²) in [4.78, 5) is 12.5. The predicted molar refractivity (Wildman–Crippen MR) is 101 cm³/mol. The van der Waals surface area contributed by atoms with Gasteiger partial charge in [0.1, 0.15) is 5.82 Å². The van der Waals surface area contributed by atoms with Crippen LogP contribution in [0.3, 0.4) is 0 Å². The number of rotatable bonds is 6. The van der Waals surface area contributed by atoms with E-state index in [1.807, 2.05) is 0 Å². The first-order valence-corrected chi connectivity index (χ1v) is 9.96. The topological polar surface area (TPSA) is 66.5 Å². The Morgan fingerprint density at radius 3 is 2.31 bits per heavy atom. The number of halogens is 3. The van der Waals surface area contributed by atoms with Crippen LogP contribution in [0.2, 0.25) is 10.0 Å². The van der Waals surface area contributed by atoms with Gasteiger partial charge in [0.25, 0.3) is 5.91 Å². The number of anilines is 1. The summed E-state index contributed by atoms with van der Waals surface area (Å²) in [6.07, 6.45) is 0. The van der Waals surface area contributed by atoms with Gasteiger partial charge in [0.2, 0.25) is 10.0 Å². The summed E-state index contributed by atoms with van der Waals surface area (Å²) >= 11 is 12.0. The van der Waals surface area contributed by atoms with Gasteiger partial charge in [-0.15, -0.1) is 0 Å². The van der Waals surface area contributed by atoms with Gasteiger partial charge in [0.05, 0.1) is 26.2 Å². The van der Waals surface area contributed by atoms with Crippen molar-refractivity contribution in [2.75, 3.05) is 18.4 Å². The molecular weight excluding hydrogens is 402 g/mol. The van der Waals surface area contributed by atoms with Crippen molar-refractivity contribution in [2.24, 2.45) is 0 Å². The minimum absolute atomic E-state index is 0.0152. The second-order valence-electron chi connectivity index (χ2n) is 5.31. The van der Waals surface area contributed by atoms with Crippen molar-refractivity contribution in [3.8, 4) is 0 Å². The van der Waals surface area contributed by atoms with Crippen LogP contribution in [0.1, 0.15) is 24.2 Å². The highest BCUT2D eigenvalue weighted by atomic mass is 35.5. The summed E-state index contributed by atoms with van der Waals surface area (Å²) in [6.45, 7) is 4.05. The Balaban J connectivity index is 2.39. The Labute approximate surface area is 161 Å². The van der Waals surface area contributed by atoms with E-state index >= 15 is 0 Å². The Morgan fingerprint density at radius 1 is 1.08 bits per heavy atom. The van der Waals surface area contributed by atoms with E-state index in [1.54, 1.807) is 13.8 Å². The van der Waals surface area contributed by atoms with Crippen LogP contribution in [0.4, 0.5) is 10.1 Å². The Morgan fingerprint density at radius 2 is 1.73 bits per heavy atom. The lowest BCUT2D eigenvalue weighted by Crippen LogP contribution is -2.30. The van der Waals surface area contributed by atoms with Crippen LogP contribution in [0.15, 0.2) is 41.3 Å². The summed E-state index contributed by atoms with van der Waals surface area (Å²) in [5.41, 5.74) is 0.159. The normalized spacial score (nSPS) is 11.6. The zero-order chi connectivity index (χ0) is 19.5. The highest BCUT2D eigenvalue weighted by Crippen LogP contribution is 2.26. The number of hydrogen-bond donors (Lipinski definition) is 1. The average Bonchev–Trinajstić information content (AvgIpc) is 2.58. The summed E-state index contributed by atoms with van der Waals surface area (Å²) in [6, 6.07) is 7.41. The smallest absolute Gasteiger partial charge is 0.257 e. The molecule has 0 atom stereocenters. The number of benzene rings is 2. The number of amides is 1. The molecule has 0 aliphatic carbocycles. The lowest BCUT2D eigenvalue weighted by Gasteiger charge is -2.19. The van der Waals surface area contributed by atoms with Crippen molar-refractivity contribution < 1.29 is 17.6 Å². The number of hydrogen-bond acceptors (Lipinski definition) is 3. The van der Waals surface area contributed by atoms with Crippen LogP contribution in [0.5, 0.6) is 0 Å². The molecule has 2 rings (SSSR count). The minimum Gasteiger partial charge on any atom is -0.321 e. The number of carbonyl (C=O) groups is 1. The molecule has 9 heteroatoms. The summed E-state index contributed by atoms with van der Waals surface area (Å²) in [7, 11) is -3.74. The highest BCUT2D eigenvalue weighted by molar-refractivity contribution is 7.89. The molecule has 0 spiro atoms. The van der Waals surface area contributed by atoms with Crippen molar-refractivity contribution in [1.82, 2.24) is 4.31 Å². The van der Waals surface area contributed by atoms with Crippen molar-refractivity contribution >= 4 is 44.8 Å². The molecule has 0 bridgehead atoms. The van der Waals surface area contributed by atoms with Crippen LogP contribution in [0.25, 0.3) is 0 Å². The maximum atomic E-state index is 13.1. The van der Waals surface area contributed by atoms with E-state index in [2.05, 4.69) is 5.32 Å². The fourth-order valence-electron chi connectivity index (χ4n) is 2.33. The second-order valence-corrected chi connectivity index (χ2v) is 8.06. The Bertz CT molecular complexity index is 932. The van der Waals surface area contributed by atoms with E-state index < -0.39 is 21.7 Å². The van der Waals surface area contributed by atoms with Crippen LogP contribution in [-0.2, 0) is 10.0 Å². The second kappa shape index (κ2) is 8.35. The van der Waals surface area contributed by atoms with Gasteiger partial charge in [-0.1, -0.05) is 37.0 Å². The predicted octanol–water partition coefficient (Wildman–Crippen LogP) is 4.42. The van der Waals surface area contributed by atoms with Gasteiger partial charge in [0, 0.05) is 13.1 Å². The first kappa shape index (κ1) is 20.6. The fourth-order valence-corrected chi connectivity index (χ4v) is 4.23. The van der Waals surface area contributed by atoms with Crippen LogP contribution in [-0.4, -0.2) is 31.7 Å². The molecule has 140 valence electrons. The van der Waals surface area contributed by atoms with Crippen molar-refractivity contribution in [3.05, 3.63) is 57.8 Å². The van der Waals surface area contributed by atoms with Gasteiger partial charge in [-0.2, -0.15) is 4.31 Å². The largest absolute Gasteiger partial charge is 0.321 e. The molecule has 0 aromatic heterocycles. The molecule has 0 saturated carbocycles.